The Morgan fingerprint density at radius 1 is 1.45 bits per heavy atom. The monoisotopic (exact) mass is 290 g/mol. The van der Waals surface area contributed by atoms with Crippen molar-refractivity contribution in [2.24, 2.45) is 0 Å². The molecule has 1 aromatic carbocycles. The van der Waals surface area contributed by atoms with Crippen LogP contribution in [-0.4, -0.2) is 19.1 Å². The predicted molar refractivity (Wildman–Crippen MR) is 78.5 cm³/mol. The lowest BCUT2D eigenvalue weighted by atomic mass is 10.2. The first kappa shape index (κ1) is 12.8. The Bertz CT molecular complexity index is 626. The van der Waals surface area contributed by atoms with Gasteiger partial charge in [-0.2, -0.15) is 0 Å². The lowest BCUT2D eigenvalue weighted by molar-refractivity contribution is -0.118. The average Bonchev–Trinajstić information content (AvgIpc) is 2.93. The first-order valence-corrected chi connectivity index (χ1v) is 7.12. The third-order valence-electron chi connectivity index (χ3n) is 2.93. The first-order valence-electron chi connectivity index (χ1n) is 6.24. The molecule has 1 aromatic heterocycles. The van der Waals surface area contributed by atoms with Gasteiger partial charge in [0.15, 0.2) is 6.61 Å². The molecule has 6 heteroatoms. The molecule has 1 aliphatic rings. The van der Waals surface area contributed by atoms with Crippen molar-refractivity contribution in [2.45, 2.75) is 6.42 Å². The molecule has 3 rings (SSSR count). The van der Waals surface area contributed by atoms with E-state index in [2.05, 4.69) is 11.4 Å². The Hall–Kier alpha value is -2.21. The van der Waals surface area contributed by atoms with E-state index in [-0.39, 0.29) is 12.5 Å². The van der Waals surface area contributed by atoms with Crippen LogP contribution in [0.2, 0.25) is 0 Å². The molecule has 0 saturated carbocycles. The zero-order valence-electron chi connectivity index (χ0n) is 10.7. The van der Waals surface area contributed by atoms with Crippen molar-refractivity contribution >= 4 is 28.6 Å². The SMILES string of the molecule is Nc1cc2c(cc1OCCc1cccs1)NC(=O)CO2. The van der Waals surface area contributed by atoms with Gasteiger partial charge in [0.25, 0.3) is 5.91 Å². The van der Waals surface area contributed by atoms with Gasteiger partial charge in [-0.05, 0) is 11.4 Å². The van der Waals surface area contributed by atoms with Gasteiger partial charge in [-0.1, -0.05) is 6.07 Å². The van der Waals surface area contributed by atoms with Gasteiger partial charge >= 0.3 is 0 Å². The van der Waals surface area contributed by atoms with Crippen molar-refractivity contribution in [2.75, 3.05) is 24.3 Å². The molecule has 0 saturated heterocycles. The van der Waals surface area contributed by atoms with Crippen molar-refractivity contribution in [3.8, 4) is 11.5 Å². The van der Waals surface area contributed by atoms with Gasteiger partial charge in [-0.3, -0.25) is 4.79 Å². The van der Waals surface area contributed by atoms with Gasteiger partial charge in [0, 0.05) is 23.4 Å². The molecule has 1 aliphatic heterocycles. The minimum Gasteiger partial charge on any atom is -0.491 e. The molecular formula is C14H14N2O3S. The molecule has 0 spiro atoms. The Balaban J connectivity index is 1.69. The Morgan fingerprint density at radius 2 is 2.35 bits per heavy atom. The number of carbonyl (C=O) groups is 1. The zero-order chi connectivity index (χ0) is 13.9. The third-order valence-corrected chi connectivity index (χ3v) is 3.87. The molecule has 0 unspecified atom stereocenters. The summed E-state index contributed by atoms with van der Waals surface area (Å²) < 4.78 is 11.0. The molecule has 0 radical (unpaired) electrons. The molecule has 3 N–H and O–H groups in total. The van der Waals surface area contributed by atoms with Gasteiger partial charge in [0.2, 0.25) is 0 Å². The lowest BCUT2D eigenvalue weighted by Crippen LogP contribution is -2.25. The van der Waals surface area contributed by atoms with Crippen LogP contribution in [0.3, 0.4) is 0 Å². The predicted octanol–water partition coefficient (Wildman–Crippen LogP) is 2.28. The fourth-order valence-corrected chi connectivity index (χ4v) is 2.65. The highest BCUT2D eigenvalue weighted by molar-refractivity contribution is 7.09. The van der Waals surface area contributed by atoms with Gasteiger partial charge in [0.05, 0.1) is 18.0 Å². The summed E-state index contributed by atoms with van der Waals surface area (Å²) in [6.45, 7) is 0.559. The average molecular weight is 290 g/mol. The number of hydrogen-bond acceptors (Lipinski definition) is 5. The van der Waals surface area contributed by atoms with Crippen molar-refractivity contribution in [1.82, 2.24) is 0 Å². The topological polar surface area (TPSA) is 73.6 Å². The van der Waals surface area contributed by atoms with E-state index >= 15 is 0 Å². The summed E-state index contributed by atoms with van der Waals surface area (Å²) in [4.78, 5) is 12.5. The number of rotatable bonds is 4. The van der Waals surface area contributed by atoms with Crippen molar-refractivity contribution in [1.29, 1.82) is 0 Å². The highest BCUT2D eigenvalue weighted by atomic mass is 32.1. The number of thiophene rings is 1. The Labute approximate surface area is 120 Å². The minimum absolute atomic E-state index is 0.0189. The number of nitrogens with two attached hydrogens (primary N) is 1. The number of amides is 1. The Morgan fingerprint density at radius 3 is 3.15 bits per heavy atom. The minimum atomic E-state index is -0.174. The molecule has 5 nitrogen and oxygen atoms in total. The van der Waals surface area contributed by atoms with Crippen LogP contribution in [0.25, 0.3) is 0 Å². The molecule has 0 bridgehead atoms. The van der Waals surface area contributed by atoms with Crippen LogP contribution in [0.1, 0.15) is 4.88 Å². The maximum absolute atomic E-state index is 11.3. The molecule has 0 aliphatic carbocycles. The summed E-state index contributed by atoms with van der Waals surface area (Å²) >= 11 is 1.70. The summed E-state index contributed by atoms with van der Waals surface area (Å²) in [6, 6.07) is 7.46. The van der Waals surface area contributed by atoms with Gasteiger partial charge in [0.1, 0.15) is 11.5 Å². The van der Waals surface area contributed by atoms with Crippen LogP contribution in [0.4, 0.5) is 11.4 Å². The van der Waals surface area contributed by atoms with E-state index in [9.17, 15) is 4.79 Å². The second-order valence-corrected chi connectivity index (χ2v) is 5.43. The second-order valence-electron chi connectivity index (χ2n) is 4.40. The summed E-state index contributed by atoms with van der Waals surface area (Å²) in [5, 5.41) is 4.77. The molecule has 2 aromatic rings. The van der Waals surface area contributed by atoms with E-state index in [4.69, 9.17) is 15.2 Å². The number of nitrogen functional groups attached to an aromatic ring is 1. The standard InChI is InChI=1S/C14H14N2O3S/c15-10-6-13-11(16-14(17)8-19-13)7-12(10)18-4-3-9-2-1-5-20-9/h1-2,5-7H,3-4,8,15H2,(H,16,17). The van der Waals surface area contributed by atoms with Crippen molar-refractivity contribution < 1.29 is 14.3 Å². The third kappa shape index (κ3) is 2.70. The number of benzene rings is 1. The molecule has 0 atom stereocenters. The summed E-state index contributed by atoms with van der Waals surface area (Å²) in [5.74, 6) is 0.964. The molecule has 20 heavy (non-hydrogen) atoms. The highest BCUT2D eigenvalue weighted by Gasteiger charge is 2.18. The quantitative estimate of drug-likeness (QED) is 0.847. The van der Waals surface area contributed by atoms with Crippen LogP contribution in [0.5, 0.6) is 11.5 Å². The van der Waals surface area contributed by atoms with Crippen LogP contribution in [-0.2, 0) is 11.2 Å². The van der Waals surface area contributed by atoms with E-state index in [1.165, 1.54) is 4.88 Å². The summed E-state index contributed by atoms with van der Waals surface area (Å²) in [5.41, 5.74) is 7.03. The van der Waals surface area contributed by atoms with E-state index < -0.39 is 0 Å². The largest absolute Gasteiger partial charge is 0.491 e. The van der Waals surface area contributed by atoms with Crippen LogP contribution < -0.4 is 20.5 Å². The number of fused-ring (bicyclic) bond motifs is 1. The van der Waals surface area contributed by atoms with Gasteiger partial charge in [-0.15, -0.1) is 11.3 Å². The van der Waals surface area contributed by atoms with E-state index in [1.54, 1.807) is 23.5 Å². The Kier molecular flexibility index (Phi) is 3.47. The molecule has 0 fully saturated rings. The number of nitrogens with one attached hydrogen (secondary N) is 1. The fraction of sp³-hybridized carbons (Fsp3) is 0.214. The maximum Gasteiger partial charge on any atom is 0.262 e. The molecule has 1 amide bonds. The van der Waals surface area contributed by atoms with Gasteiger partial charge < -0.3 is 20.5 Å². The van der Waals surface area contributed by atoms with Crippen LogP contribution in [0.15, 0.2) is 29.6 Å². The maximum atomic E-state index is 11.3. The van der Waals surface area contributed by atoms with Crippen molar-refractivity contribution in [3.63, 3.8) is 0 Å². The number of hydrogen-bond donors (Lipinski definition) is 2. The molecule has 104 valence electrons. The fourth-order valence-electron chi connectivity index (χ4n) is 1.96. The highest BCUT2D eigenvalue weighted by Crippen LogP contribution is 2.36. The first-order chi connectivity index (χ1) is 9.72. The van der Waals surface area contributed by atoms with E-state index in [1.807, 2.05) is 11.4 Å². The van der Waals surface area contributed by atoms with Crippen LogP contribution in [0, 0.1) is 0 Å². The molecular weight excluding hydrogens is 276 g/mol. The van der Waals surface area contributed by atoms with E-state index in [0.29, 0.717) is 29.5 Å². The molecule has 2 heterocycles. The lowest BCUT2D eigenvalue weighted by Gasteiger charge is -2.20. The smallest absolute Gasteiger partial charge is 0.262 e. The number of ether oxygens (including phenoxy) is 2. The summed E-state index contributed by atoms with van der Waals surface area (Å²) in [6.07, 6.45) is 0.830. The van der Waals surface area contributed by atoms with Gasteiger partial charge in [-0.25, -0.2) is 0 Å². The van der Waals surface area contributed by atoms with E-state index in [0.717, 1.165) is 6.42 Å². The number of anilines is 2. The number of carbonyl (C=O) groups excluding carboxylic acids is 1. The van der Waals surface area contributed by atoms with Crippen molar-refractivity contribution in [3.05, 3.63) is 34.5 Å². The second kappa shape index (κ2) is 5.42. The van der Waals surface area contributed by atoms with Crippen LogP contribution >= 0.6 is 11.3 Å². The normalized spacial score (nSPS) is 13.3. The zero-order valence-corrected chi connectivity index (χ0v) is 11.5. The summed E-state index contributed by atoms with van der Waals surface area (Å²) in [7, 11) is 0.